The van der Waals surface area contributed by atoms with E-state index in [1.54, 1.807) is 17.9 Å². The SMILES string of the molecule is Cn1nnc([C@H]2O[C@@H](n3cnc4c(NC5CCCC5)nc(NCCN5CCCCC5)nc43)[C@H](O)[C@@H]2O)n1. The number of anilines is 2. The van der Waals surface area contributed by atoms with Gasteiger partial charge in [-0.05, 0) is 44.0 Å². The summed E-state index contributed by atoms with van der Waals surface area (Å²) < 4.78 is 7.70. The number of fused-ring (bicyclic) bond motifs is 1. The third kappa shape index (κ3) is 4.98. The summed E-state index contributed by atoms with van der Waals surface area (Å²) in [6, 6.07) is 0.340. The molecule has 3 aliphatic rings. The van der Waals surface area contributed by atoms with Gasteiger partial charge < -0.3 is 30.5 Å². The summed E-state index contributed by atoms with van der Waals surface area (Å²) >= 11 is 0. The van der Waals surface area contributed by atoms with Gasteiger partial charge in [0.2, 0.25) is 11.8 Å². The third-order valence-electron chi connectivity index (χ3n) is 7.57. The van der Waals surface area contributed by atoms with E-state index in [9.17, 15) is 10.2 Å². The van der Waals surface area contributed by atoms with Gasteiger partial charge in [-0.15, -0.1) is 10.2 Å². The highest BCUT2D eigenvalue weighted by Crippen LogP contribution is 2.39. The second-order valence-electron chi connectivity index (χ2n) is 10.2. The van der Waals surface area contributed by atoms with E-state index in [2.05, 4.69) is 35.9 Å². The number of aliphatic hydroxyl groups is 2. The number of rotatable bonds is 8. The van der Waals surface area contributed by atoms with Gasteiger partial charge in [0.05, 0.1) is 13.4 Å². The Morgan fingerprint density at radius 1 is 1.05 bits per heavy atom. The number of aryl methyl sites for hydroxylation is 1. The van der Waals surface area contributed by atoms with Crippen LogP contribution in [0.15, 0.2) is 6.33 Å². The lowest BCUT2D eigenvalue weighted by Gasteiger charge is -2.26. The molecule has 14 heteroatoms. The van der Waals surface area contributed by atoms with Crippen molar-refractivity contribution in [3.63, 3.8) is 0 Å². The lowest BCUT2D eigenvalue weighted by atomic mass is 10.1. The van der Waals surface area contributed by atoms with E-state index >= 15 is 0 Å². The van der Waals surface area contributed by atoms with Crippen LogP contribution in [0.2, 0.25) is 0 Å². The average molecular weight is 514 g/mol. The average Bonchev–Trinajstić information content (AvgIpc) is 3.70. The molecule has 1 saturated carbocycles. The minimum Gasteiger partial charge on any atom is -0.387 e. The van der Waals surface area contributed by atoms with Crippen molar-refractivity contribution in [3.8, 4) is 0 Å². The maximum Gasteiger partial charge on any atom is 0.226 e. The highest BCUT2D eigenvalue weighted by atomic mass is 16.6. The molecule has 0 bridgehead atoms. The van der Waals surface area contributed by atoms with Crippen molar-refractivity contribution >= 4 is 22.9 Å². The van der Waals surface area contributed by atoms with Crippen molar-refractivity contribution in [1.82, 2.24) is 44.6 Å². The van der Waals surface area contributed by atoms with E-state index in [1.807, 2.05) is 0 Å². The number of aromatic nitrogens is 8. The molecule has 200 valence electrons. The standard InChI is InChI=1S/C23H35N11O3/c1-32-30-20(29-31-32)18-16(35)17(36)22(37-18)34-13-25-15-19(26-14-7-3-4-8-14)27-23(28-21(15)34)24-9-12-33-10-5-2-6-11-33/h13-14,16-18,22,35-36H,2-12H2,1H3,(H2,24,26,27,28)/t16-,17+,18-,22+/m0/s1. The summed E-state index contributed by atoms with van der Waals surface area (Å²) in [6.07, 6.45) is 5.63. The summed E-state index contributed by atoms with van der Waals surface area (Å²) in [5.41, 5.74) is 1.11. The first-order chi connectivity index (χ1) is 18.1. The Morgan fingerprint density at radius 3 is 2.62 bits per heavy atom. The fourth-order valence-corrected chi connectivity index (χ4v) is 5.57. The number of nitrogens with one attached hydrogen (secondary N) is 2. The van der Waals surface area contributed by atoms with Gasteiger partial charge in [0.25, 0.3) is 0 Å². The highest BCUT2D eigenvalue weighted by Gasteiger charge is 2.47. The first kappa shape index (κ1) is 24.4. The number of hydrogen-bond acceptors (Lipinski definition) is 12. The molecule has 0 aromatic carbocycles. The van der Waals surface area contributed by atoms with Crippen LogP contribution in [0.4, 0.5) is 11.8 Å². The lowest BCUT2D eigenvalue weighted by molar-refractivity contribution is -0.0384. The number of piperidine rings is 1. The molecule has 0 amide bonds. The van der Waals surface area contributed by atoms with Crippen LogP contribution in [-0.4, -0.2) is 99.3 Å². The Hall–Kier alpha value is -2.94. The molecule has 4 atom stereocenters. The Kier molecular flexibility index (Phi) is 6.88. The summed E-state index contributed by atoms with van der Waals surface area (Å²) in [7, 11) is 1.63. The molecular formula is C23H35N11O3. The summed E-state index contributed by atoms with van der Waals surface area (Å²) in [4.78, 5) is 17.9. The van der Waals surface area contributed by atoms with Gasteiger partial charge in [0.1, 0.15) is 12.2 Å². The molecule has 37 heavy (non-hydrogen) atoms. The Morgan fingerprint density at radius 2 is 1.86 bits per heavy atom. The zero-order valence-corrected chi connectivity index (χ0v) is 21.1. The molecule has 2 aliphatic heterocycles. The van der Waals surface area contributed by atoms with Crippen LogP contribution in [-0.2, 0) is 11.8 Å². The van der Waals surface area contributed by atoms with Crippen LogP contribution in [0, 0.1) is 0 Å². The van der Waals surface area contributed by atoms with Gasteiger partial charge in [-0.1, -0.05) is 19.3 Å². The topological polar surface area (TPSA) is 164 Å². The van der Waals surface area contributed by atoms with E-state index < -0.39 is 24.5 Å². The number of imidazole rings is 1. The molecule has 0 radical (unpaired) electrons. The summed E-state index contributed by atoms with van der Waals surface area (Å²) in [6.45, 7) is 3.91. The molecule has 3 fully saturated rings. The van der Waals surface area contributed by atoms with Crippen molar-refractivity contribution < 1.29 is 14.9 Å². The van der Waals surface area contributed by atoms with Gasteiger partial charge in [0, 0.05) is 19.1 Å². The molecule has 2 saturated heterocycles. The molecule has 3 aromatic rings. The molecule has 0 unspecified atom stereocenters. The number of aliphatic hydroxyl groups excluding tert-OH is 2. The predicted octanol–water partition coefficient (Wildman–Crippen LogP) is 0.594. The number of tetrazole rings is 1. The number of likely N-dealkylation sites (tertiary alicyclic amines) is 1. The van der Waals surface area contributed by atoms with E-state index in [0.717, 1.165) is 39.0 Å². The maximum absolute atomic E-state index is 10.9. The molecule has 4 N–H and O–H groups in total. The lowest BCUT2D eigenvalue weighted by Crippen LogP contribution is -2.34. The maximum atomic E-state index is 10.9. The Balaban J connectivity index is 1.28. The van der Waals surface area contributed by atoms with Crippen molar-refractivity contribution in [2.45, 2.75) is 75.5 Å². The van der Waals surface area contributed by atoms with Crippen LogP contribution >= 0.6 is 0 Å². The first-order valence-corrected chi connectivity index (χ1v) is 13.3. The summed E-state index contributed by atoms with van der Waals surface area (Å²) in [5.74, 6) is 1.36. The van der Waals surface area contributed by atoms with E-state index in [0.29, 0.717) is 29.0 Å². The number of nitrogens with zero attached hydrogens (tertiary/aromatic N) is 9. The Bertz CT molecular complexity index is 1200. The third-order valence-corrected chi connectivity index (χ3v) is 7.57. The van der Waals surface area contributed by atoms with Crippen molar-refractivity contribution in [3.05, 3.63) is 12.2 Å². The minimum absolute atomic E-state index is 0.208. The molecule has 0 spiro atoms. The predicted molar refractivity (Wildman–Crippen MR) is 134 cm³/mol. The van der Waals surface area contributed by atoms with Crippen LogP contribution < -0.4 is 10.6 Å². The normalized spacial score (nSPS) is 27.3. The monoisotopic (exact) mass is 513 g/mol. The molecule has 14 nitrogen and oxygen atoms in total. The second kappa shape index (κ2) is 10.4. The van der Waals surface area contributed by atoms with Gasteiger partial charge in [0.15, 0.2) is 29.3 Å². The number of hydrogen-bond donors (Lipinski definition) is 4. The summed E-state index contributed by atoms with van der Waals surface area (Å²) in [5, 5.41) is 40.5. The zero-order chi connectivity index (χ0) is 25.4. The van der Waals surface area contributed by atoms with Crippen LogP contribution in [0.25, 0.3) is 11.2 Å². The quantitative estimate of drug-likeness (QED) is 0.332. The van der Waals surface area contributed by atoms with Gasteiger partial charge >= 0.3 is 0 Å². The molecule has 3 aromatic heterocycles. The van der Waals surface area contributed by atoms with Crippen LogP contribution in [0.1, 0.15) is 63.1 Å². The van der Waals surface area contributed by atoms with Crippen molar-refractivity contribution in [2.24, 2.45) is 7.05 Å². The van der Waals surface area contributed by atoms with Gasteiger partial charge in [-0.25, -0.2) is 4.98 Å². The van der Waals surface area contributed by atoms with E-state index in [1.165, 1.54) is 36.9 Å². The first-order valence-electron chi connectivity index (χ1n) is 13.3. The molecular weight excluding hydrogens is 478 g/mol. The minimum atomic E-state index is -1.23. The molecule has 1 aliphatic carbocycles. The number of ether oxygens (including phenoxy) is 1. The van der Waals surface area contributed by atoms with Crippen LogP contribution in [0.5, 0.6) is 0 Å². The highest BCUT2D eigenvalue weighted by molar-refractivity contribution is 5.84. The fourth-order valence-electron chi connectivity index (χ4n) is 5.57. The van der Waals surface area contributed by atoms with Gasteiger partial charge in [-0.3, -0.25) is 4.57 Å². The van der Waals surface area contributed by atoms with Crippen LogP contribution in [0.3, 0.4) is 0 Å². The largest absolute Gasteiger partial charge is 0.387 e. The smallest absolute Gasteiger partial charge is 0.226 e. The van der Waals surface area contributed by atoms with E-state index in [-0.39, 0.29) is 5.82 Å². The van der Waals surface area contributed by atoms with Crippen molar-refractivity contribution in [2.75, 3.05) is 36.8 Å². The molecule has 6 rings (SSSR count). The molecule has 5 heterocycles. The zero-order valence-electron chi connectivity index (χ0n) is 21.1. The Labute approximate surface area is 214 Å². The van der Waals surface area contributed by atoms with E-state index in [4.69, 9.17) is 14.7 Å². The fraction of sp³-hybridized carbons (Fsp3) is 0.739. The van der Waals surface area contributed by atoms with Crippen molar-refractivity contribution in [1.29, 1.82) is 0 Å². The van der Waals surface area contributed by atoms with Gasteiger partial charge in [-0.2, -0.15) is 14.8 Å². The second-order valence-corrected chi connectivity index (χ2v) is 10.2.